The minimum Gasteiger partial charge on any atom is -0.480 e. The molecule has 0 spiro atoms. The van der Waals surface area contributed by atoms with E-state index in [1.165, 1.54) is 17.0 Å². The van der Waals surface area contributed by atoms with E-state index < -0.39 is 11.9 Å². The first kappa shape index (κ1) is 11.8. The van der Waals surface area contributed by atoms with Crippen LogP contribution < -0.4 is 0 Å². The van der Waals surface area contributed by atoms with Gasteiger partial charge in [0.15, 0.2) is 10.8 Å². The molecule has 0 radical (unpaired) electrons. The first-order valence-corrected chi connectivity index (χ1v) is 5.47. The fourth-order valence-electron chi connectivity index (χ4n) is 1.48. The quantitative estimate of drug-likeness (QED) is 0.861. The van der Waals surface area contributed by atoms with Gasteiger partial charge in [-0.25, -0.2) is 0 Å². The molecule has 6 nitrogen and oxygen atoms in total. The largest absolute Gasteiger partial charge is 0.480 e. The molecule has 1 aliphatic rings. The van der Waals surface area contributed by atoms with Crippen molar-refractivity contribution in [1.29, 1.82) is 0 Å². The molecule has 0 unspecified atom stereocenters. The van der Waals surface area contributed by atoms with Gasteiger partial charge in [-0.2, -0.15) is 0 Å². The van der Waals surface area contributed by atoms with Gasteiger partial charge in [0.25, 0.3) is 5.91 Å². The first-order valence-electron chi connectivity index (χ1n) is 5.10. The van der Waals surface area contributed by atoms with Crippen molar-refractivity contribution < 1.29 is 14.7 Å². The van der Waals surface area contributed by atoms with Crippen LogP contribution in [0.2, 0.25) is 5.15 Å². The molecule has 1 aromatic rings. The molecule has 7 heteroatoms. The fraction of sp³-hybridized carbons (Fsp3) is 0.400. The Morgan fingerprint density at radius 1 is 1.41 bits per heavy atom. The van der Waals surface area contributed by atoms with Gasteiger partial charge in [-0.1, -0.05) is 11.6 Å². The molecular weight excluding hydrogens is 246 g/mol. The van der Waals surface area contributed by atoms with Crippen LogP contribution in [0.4, 0.5) is 0 Å². The maximum Gasteiger partial charge on any atom is 0.323 e. The van der Waals surface area contributed by atoms with E-state index in [4.69, 9.17) is 16.7 Å². The standard InChI is InChI=1S/C10H10ClN3O3/c11-8-4-3-7(12-13-8)10(17)14(5-9(15)16)6-1-2-6/h3-4,6H,1-2,5H2,(H,15,16). The van der Waals surface area contributed by atoms with Gasteiger partial charge < -0.3 is 10.0 Å². The smallest absolute Gasteiger partial charge is 0.323 e. The van der Waals surface area contributed by atoms with Crippen molar-refractivity contribution in [2.45, 2.75) is 18.9 Å². The van der Waals surface area contributed by atoms with E-state index in [0.717, 1.165) is 12.8 Å². The van der Waals surface area contributed by atoms with E-state index >= 15 is 0 Å². The molecule has 0 saturated heterocycles. The number of aliphatic carboxylic acids is 1. The number of rotatable bonds is 4. The summed E-state index contributed by atoms with van der Waals surface area (Å²) in [6.45, 7) is -0.312. The second-order valence-corrected chi connectivity index (χ2v) is 4.19. The maximum absolute atomic E-state index is 12.0. The zero-order valence-corrected chi connectivity index (χ0v) is 9.59. The molecule has 0 atom stereocenters. The van der Waals surface area contributed by atoms with Crippen molar-refractivity contribution in [2.24, 2.45) is 0 Å². The van der Waals surface area contributed by atoms with Gasteiger partial charge in [-0.3, -0.25) is 9.59 Å². The monoisotopic (exact) mass is 255 g/mol. The van der Waals surface area contributed by atoms with Gasteiger partial charge in [0.1, 0.15) is 6.54 Å². The lowest BCUT2D eigenvalue weighted by Crippen LogP contribution is -2.37. The van der Waals surface area contributed by atoms with Crippen LogP contribution in [0.15, 0.2) is 12.1 Å². The number of carboxylic acid groups (broad SMARTS) is 1. The number of hydrogen-bond donors (Lipinski definition) is 1. The summed E-state index contributed by atoms with van der Waals surface area (Å²) < 4.78 is 0. The number of amides is 1. The van der Waals surface area contributed by atoms with E-state index in [0.29, 0.717) is 0 Å². The Balaban J connectivity index is 2.15. The Bertz CT molecular complexity index is 445. The van der Waals surface area contributed by atoms with Crippen molar-refractivity contribution in [3.63, 3.8) is 0 Å². The summed E-state index contributed by atoms with van der Waals surface area (Å²) in [6, 6.07) is 2.90. The number of nitrogens with zero attached hydrogens (tertiary/aromatic N) is 3. The molecule has 1 aromatic heterocycles. The zero-order valence-electron chi connectivity index (χ0n) is 8.84. The first-order chi connectivity index (χ1) is 8.08. The molecule has 1 N–H and O–H groups in total. The number of carbonyl (C=O) groups excluding carboxylic acids is 1. The van der Waals surface area contributed by atoms with Gasteiger partial charge in [0.05, 0.1) is 0 Å². The summed E-state index contributed by atoms with van der Waals surface area (Å²) in [5.41, 5.74) is 0.113. The second kappa shape index (κ2) is 4.67. The summed E-state index contributed by atoms with van der Waals surface area (Å²) in [5.74, 6) is -1.45. The van der Waals surface area contributed by atoms with Gasteiger partial charge >= 0.3 is 5.97 Å². The molecule has 2 rings (SSSR count). The van der Waals surface area contributed by atoms with Crippen LogP contribution in [-0.4, -0.2) is 44.7 Å². The molecule has 1 saturated carbocycles. The summed E-state index contributed by atoms with van der Waals surface area (Å²) in [6.07, 6.45) is 1.67. The van der Waals surface area contributed by atoms with Gasteiger partial charge in [-0.15, -0.1) is 10.2 Å². The highest BCUT2D eigenvalue weighted by Gasteiger charge is 2.34. The van der Waals surface area contributed by atoms with Crippen molar-refractivity contribution in [3.05, 3.63) is 23.0 Å². The number of hydrogen-bond acceptors (Lipinski definition) is 4. The predicted octanol–water partition coefficient (Wildman–Crippen LogP) is 0.819. The lowest BCUT2D eigenvalue weighted by Gasteiger charge is -2.19. The minimum absolute atomic E-state index is 0.0103. The van der Waals surface area contributed by atoms with Crippen LogP contribution in [0.25, 0.3) is 0 Å². The Labute approximate surface area is 102 Å². The number of halogens is 1. The molecular formula is C10H10ClN3O3. The summed E-state index contributed by atoms with van der Waals surface area (Å²) in [4.78, 5) is 24.0. The molecule has 90 valence electrons. The van der Waals surface area contributed by atoms with Crippen LogP contribution in [0.3, 0.4) is 0 Å². The Kier molecular flexibility index (Phi) is 3.23. The van der Waals surface area contributed by atoms with Crippen molar-refractivity contribution in [1.82, 2.24) is 15.1 Å². The van der Waals surface area contributed by atoms with Crippen LogP contribution in [0.5, 0.6) is 0 Å². The van der Waals surface area contributed by atoms with E-state index in [9.17, 15) is 9.59 Å². The minimum atomic E-state index is -1.04. The number of carboxylic acids is 1. The van der Waals surface area contributed by atoms with Crippen LogP contribution in [0, 0.1) is 0 Å². The van der Waals surface area contributed by atoms with E-state index in [-0.39, 0.29) is 23.4 Å². The molecule has 0 aromatic carbocycles. The van der Waals surface area contributed by atoms with Crippen molar-refractivity contribution in [2.75, 3.05) is 6.54 Å². The van der Waals surface area contributed by atoms with Crippen molar-refractivity contribution in [3.8, 4) is 0 Å². The molecule has 1 fully saturated rings. The third-order valence-corrected chi connectivity index (χ3v) is 2.61. The topological polar surface area (TPSA) is 83.4 Å². The zero-order chi connectivity index (χ0) is 12.4. The normalized spacial score (nSPS) is 14.4. The number of carbonyl (C=O) groups is 2. The molecule has 17 heavy (non-hydrogen) atoms. The Morgan fingerprint density at radius 2 is 2.12 bits per heavy atom. The Hall–Kier alpha value is -1.69. The average molecular weight is 256 g/mol. The van der Waals surface area contributed by atoms with E-state index in [1.54, 1.807) is 0 Å². The highest BCUT2D eigenvalue weighted by atomic mass is 35.5. The van der Waals surface area contributed by atoms with Gasteiger partial charge in [-0.05, 0) is 25.0 Å². The number of aromatic nitrogens is 2. The van der Waals surface area contributed by atoms with Crippen LogP contribution in [0.1, 0.15) is 23.3 Å². The summed E-state index contributed by atoms with van der Waals surface area (Å²) >= 11 is 5.56. The van der Waals surface area contributed by atoms with Gasteiger partial charge in [0.2, 0.25) is 0 Å². The average Bonchev–Trinajstić information content (AvgIpc) is 3.09. The van der Waals surface area contributed by atoms with E-state index in [2.05, 4.69) is 10.2 Å². The third-order valence-electron chi connectivity index (χ3n) is 2.41. The van der Waals surface area contributed by atoms with Gasteiger partial charge in [0, 0.05) is 6.04 Å². The summed E-state index contributed by atoms with van der Waals surface area (Å²) in [5, 5.41) is 16.2. The maximum atomic E-state index is 12.0. The summed E-state index contributed by atoms with van der Waals surface area (Å²) in [7, 11) is 0. The molecule has 1 amide bonds. The highest BCUT2D eigenvalue weighted by Crippen LogP contribution is 2.27. The lowest BCUT2D eigenvalue weighted by atomic mass is 10.3. The van der Waals surface area contributed by atoms with Crippen molar-refractivity contribution >= 4 is 23.5 Å². The molecule has 0 bridgehead atoms. The fourth-order valence-corrected chi connectivity index (χ4v) is 1.58. The molecule has 1 aliphatic carbocycles. The Morgan fingerprint density at radius 3 is 2.59 bits per heavy atom. The molecule has 0 aliphatic heterocycles. The molecule has 1 heterocycles. The SMILES string of the molecule is O=C(O)CN(C(=O)c1ccc(Cl)nn1)C1CC1. The predicted molar refractivity (Wildman–Crippen MR) is 58.7 cm³/mol. The van der Waals surface area contributed by atoms with Crippen LogP contribution >= 0.6 is 11.6 Å². The lowest BCUT2D eigenvalue weighted by molar-refractivity contribution is -0.137. The second-order valence-electron chi connectivity index (χ2n) is 3.80. The van der Waals surface area contributed by atoms with E-state index in [1.807, 2.05) is 0 Å². The third kappa shape index (κ3) is 2.91. The highest BCUT2D eigenvalue weighted by molar-refractivity contribution is 6.29. The van der Waals surface area contributed by atoms with Crippen LogP contribution in [-0.2, 0) is 4.79 Å².